The van der Waals surface area contributed by atoms with E-state index in [0.29, 0.717) is 0 Å². The van der Waals surface area contributed by atoms with Crippen LogP contribution in [-0.2, 0) is 0 Å². The molecule has 0 spiro atoms. The number of furan rings is 1. The summed E-state index contributed by atoms with van der Waals surface area (Å²) < 4.78 is 6.98. The molecule has 0 saturated heterocycles. The highest BCUT2D eigenvalue weighted by Gasteiger charge is 2.23. The van der Waals surface area contributed by atoms with Gasteiger partial charge in [0.15, 0.2) is 0 Å². The van der Waals surface area contributed by atoms with Crippen LogP contribution in [0.15, 0.2) is 211 Å². The van der Waals surface area contributed by atoms with Gasteiger partial charge in [0.1, 0.15) is 11.2 Å². The summed E-state index contributed by atoms with van der Waals surface area (Å²) in [6.45, 7) is 6.51. The summed E-state index contributed by atoms with van der Waals surface area (Å²) in [6.07, 6.45) is 6.40. The van der Waals surface area contributed by atoms with Crippen molar-refractivity contribution >= 4 is 88.0 Å². The van der Waals surface area contributed by atoms with Crippen molar-refractivity contribution in [2.75, 3.05) is 0 Å². The lowest BCUT2D eigenvalue weighted by molar-refractivity contribution is 0.670. The molecule has 1 aromatic heterocycles. The maximum Gasteiger partial charge on any atom is 0.143 e. The molecule has 0 radical (unpaired) electrons. The quantitative estimate of drug-likeness (QED) is 0.153. The van der Waals surface area contributed by atoms with Crippen molar-refractivity contribution in [3.05, 3.63) is 218 Å². The van der Waals surface area contributed by atoms with E-state index in [9.17, 15) is 0 Å². The highest BCUT2D eigenvalue weighted by atomic mass is 16.3. The molecule has 0 aliphatic rings. The van der Waals surface area contributed by atoms with Gasteiger partial charge in [0.2, 0.25) is 0 Å². The summed E-state index contributed by atoms with van der Waals surface area (Å²) >= 11 is 0. The Morgan fingerprint density at radius 2 is 0.823 bits per heavy atom. The maximum atomic E-state index is 6.98. The summed E-state index contributed by atoms with van der Waals surface area (Å²) in [5.74, 6) is 0. The monoisotopic (exact) mass is 788 g/mol. The lowest BCUT2D eigenvalue weighted by Gasteiger charge is -2.20. The van der Waals surface area contributed by atoms with Gasteiger partial charge >= 0.3 is 0 Å². The number of benzene rings is 11. The van der Waals surface area contributed by atoms with Crippen molar-refractivity contribution in [2.45, 2.75) is 6.92 Å². The second-order valence-electron chi connectivity index (χ2n) is 16.3. The molecule has 62 heavy (non-hydrogen) atoms. The van der Waals surface area contributed by atoms with Crippen LogP contribution in [0, 0.1) is 0 Å². The molecule has 0 saturated carbocycles. The Balaban J connectivity index is 1.09. The SMILES string of the molecule is C=Cc1c(/C=C\C)c(-c2cccc3c2oc2ccc(-c4c5ccccc5c(-c5ccc6ccccc6c5)c5ccccc45)cc23)c2ccccc2c1-c1ccc2ccccc2c1. The van der Waals surface area contributed by atoms with Gasteiger partial charge in [-0.2, -0.15) is 0 Å². The molecule has 1 heteroatoms. The van der Waals surface area contributed by atoms with Gasteiger partial charge in [0.05, 0.1) is 0 Å². The Hall–Kier alpha value is -8.00. The zero-order valence-electron chi connectivity index (χ0n) is 34.3. The van der Waals surface area contributed by atoms with Crippen LogP contribution in [0.5, 0.6) is 0 Å². The molecule has 0 fully saturated rings. The molecule has 12 aromatic rings. The maximum absolute atomic E-state index is 6.98. The molecule has 0 bridgehead atoms. The third kappa shape index (κ3) is 5.49. The van der Waals surface area contributed by atoms with Gasteiger partial charge in [-0.25, -0.2) is 0 Å². The number of allylic oxidation sites excluding steroid dienone is 1. The lowest BCUT2D eigenvalue weighted by Crippen LogP contribution is -1.96. The summed E-state index contributed by atoms with van der Waals surface area (Å²) in [6, 6.07) is 70.8. The number of hydrogen-bond acceptors (Lipinski definition) is 1. The van der Waals surface area contributed by atoms with Crippen molar-refractivity contribution in [3.63, 3.8) is 0 Å². The van der Waals surface area contributed by atoms with E-state index in [0.717, 1.165) is 49.8 Å². The van der Waals surface area contributed by atoms with Gasteiger partial charge in [-0.05, 0) is 130 Å². The van der Waals surface area contributed by atoms with Crippen molar-refractivity contribution in [2.24, 2.45) is 0 Å². The minimum absolute atomic E-state index is 0.867. The third-order valence-corrected chi connectivity index (χ3v) is 12.9. The normalized spacial score (nSPS) is 12.0. The standard InChI is InChI=1S/C61H40O/c1-3-16-46-45(4-2)57(42-31-29-38-17-5-7-19-40(38)35-42)51-25-13-14-26-52(51)60(46)54-28-15-27-53-55-37-44(33-34-56(55)62-61(53)54)59-49-23-11-9-21-47(49)58(48-22-10-12-24-50(48)59)43-32-30-39-18-6-8-20-41(39)36-43/h3-37H,2H2,1H3/b16-3-. The predicted molar refractivity (Wildman–Crippen MR) is 268 cm³/mol. The largest absolute Gasteiger partial charge is 0.455 e. The van der Waals surface area contributed by atoms with Crippen LogP contribution in [0.25, 0.3) is 132 Å². The van der Waals surface area contributed by atoms with Gasteiger partial charge in [0.25, 0.3) is 0 Å². The van der Waals surface area contributed by atoms with E-state index in [1.165, 1.54) is 81.7 Å². The predicted octanol–water partition coefficient (Wildman–Crippen LogP) is 17.7. The fourth-order valence-corrected chi connectivity index (χ4v) is 10.2. The summed E-state index contributed by atoms with van der Waals surface area (Å²) in [5, 5.41) is 14.4. The Morgan fingerprint density at radius 3 is 1.37 bits per heavy atom. The second kappa shape index (κ2) is 14.3. The lowest BCUT2D eigenvalue weighted by atomic mass is 9.82. The Bertz CT molecular complexity index is 3780. The zero-order chi connectivity index (χ0) is 41.3. The third-order valence-electron chi connectivity index (χ3n) is 12.9. The number of para-hydroxylation sites is 1. The van der Waals surface area contributed by atoms with E-state index in [4.69, 9.17) is 4.42 Å². The van der Waals surface area contributed by atoms with Crippen LogP contribution < -0.4 is 0 Å². The van der Waals surface area contributed by atoms with Crippen molar-refractivity contribution in [3.8, 4) is 44.5 Å². The first-order chi connectivity index (χ1) is 30.7. The average Bonchev–Trinajstić information content (AvgIpc) is 3.71. The first-order valence-electron chi connectivity index (χ1n) is 21.4. The first kappa shape index (κ1) is 35.9. The Kier molecular flexibility index (Phi) is 8.30. The molecule has 290 valence electrons. The van der Waals surface area contributed by atoms with Crippen molar-refractivity contribution < 1.29 is 4.42 Å². The molecule has 0 aliphatic carbocycles. The zero-order valence-corrected chi connectivity index (χ0v) is 34.3. The highest BCUT2D eigenvalue weighted by molar-refractivity contribution is 6.23. The van der Waals surface area contributed by atoms with Gasteiger partial charge in [-0.1, -0.05) is 195 Å². The molecule has 11 aromatic carbocycles. The van der Waals surface area contributed by atoms with Gasteiger partial charge < -0.3 is 4.42 Å². The number of hydrogen-bond donors (Lipinski definition) is 0. The van der Waals surface area contributed by atoms with E-state index in [2.05, 4.69) is 220 Å². The molecule has 0 amide bonds. The number of rotatable bonds is 6. The van der Waals surface area contributed by atoms with Crippen LogP contribution in [0.2, 0.25) is 0 Å². The van der Waals surface area contributed by atoms with Crippen LogP contribution in [0.3, 0.4) is 0 Å². The average molecular weight is 789 g/mol. The van der Waals surface area contributed by atoms with E-state index in [1.54, 1.807) is 0 Å². The Labute approximate surface area is 360 Å². The highest BCUT2D eigenvalue weighted by Crippen LogP contribution is 2.49. The van der Waals surface area contributed by atoms with Crippen molar-refractivity contribution in [1.29, 1.82) is 0 Å². The molecule has 1 nitrogen and oxygen atoms in total. The van der Waals surface area contributed by atoms with E-state index >= 15 is 0 Å². The molecule has 1 heterocycles. The molecule has 0 atom stereocenters. The smallest absolute Gasteiger partial charge is 0.143 e. The minimum Gasteiger partial charge on any atom is -0.455 e. The second-order valence-corrected chi connectivity index (χ2v) is 16.3. The molecular formula is C61H40O. The topological polar surface area (TPSA) is 13.1 Å². The summed E-state index contributed by atoms with van der Waals surface area (Å²) in [4.78, 5) is 0. The van der Waals surface area contributed by atoms with Gasteiger partial charge in [0, 0.05) is 21.9 Å². The fraction of sp³-hybridized carbons (Fsp3) is 0.0164. The van der Waals surface area contributed by atoms with E-state index < -0.39 is 0 Å². The van der Waals surface area contributed by atoms with E-state index in [1.807, 2.05) is 6.08 Å². The van der Waals surface area contributed by atoms with E-state index in [-0.39, 0.29) is 0 Å². The van der Waals surface area contributed by atoms with Crippen LogP contribution in [0.4, 0.5) is 0 Å². The first-order valence-corrected chi connectivity index (χ1v) is 21.4. The molecular weight excluding hydrogens is 749 g/mol. The fourth-order valence-electron chi connectivity index (χ4n) is 10.2. The van der Waals surface area contributed by atoms with Crippen LogP contribution in [-0.4, -0.2) is 0 Å². The summed E-state index contributed by atoms with van der Waals surface area (Å²) in [5.41, 5.74) is 13.4. The van der Waals surface area contributed by atoms with Crippen molar-refractivity contribution in [1.82, 2.24) is 0 Å². The number of fused-ring (bicyclic) bond motifs is 8. The molecule has 0 unspecified atom stereocenters. The summed E-state index contributed by atoms with van der Waals surface area (Å²) in [7, 11) is 0. The van der Waals surface area contributed by atoms with Crippen LogP contribution in [0.1, 0.15) is 18.1 Å². The molecule has 0 aliphatic heterocycles. The molecule has 12 rings (SSSR count). The van der Waals surface area contributed by atoms with Gasteiger partial charge in [-0.15, -0.1) is 0 Å². The van der Waals surface area contributed by atoms with Gasteiger partial charge in [-0.3, -0.25) is 0 Å². The Morgan fingerprint density at radius 1 is 0.371 bits per heavy atom. The molecule has 0 N–H and O–H groups in total. The minimum atomic E-state index is 0.867. The van der Waals surface area contributed by atoms with Crippen LogP contribution >= 0.6 is 0 Å².